The lowest BCUT2D eigenvalue weighted by molar-refractivity contribution is -0.118. The van der Waals surface area contributed by atoms with E-state index in [0.717, 1.165) is 10.3 Å². The normalized spacial score (nSPS) is 10.6. The number of aromatic nitrogens is 2. The molecule has 0 radical (unpaired) electrons. The van der Waals surface area contributed by atoms with Gasteiger partial charge in [0.1, 0.15) is 11.3 Å². The molecule has 0 saturated heterocycles. The number of thiazole rings is 1. The SMILES string of the molecule is Cc1cnc(NC(=O)COc2ccc(Cl)c3cccnc23)s1. The topological polar surface area (TPSA) is 64.1 Å². The number of hydrogen-bond donors (Lipinski definition) is 1. The number of fused-ring (bicyclic) bond motifs is 1. The fourth-order valence-electron chi connectivity index (χ4n) is 1.94. The molecule has 0 unspecified atom stereocenters. The largest absolute Gasteiger partial charge is 0.481 e. The minimum absolute atomic E-state index is 0.119. The van der Waals surface area contributed by atoms with Crippen LogP contribution in [0.1, 0.15) is 4.88 Å². The van der Waals surface area contributed by atoms with Crippen LogP contribution in [-0.2, 0) is 4.79 Å². The molecule has 0 atom stereocenters. The molecule has 0 spiro atoms. The number of hydrogen-bond acceptors (Lipinski definition) is 5. The molecule has 2 heterocycles. The van der Waals surface area contributed by atoms with E-state index in [4.69, 9.17) is 16.3 Å². The summed E-state index contributed by atoms with van der Waals surface area (Å²) in [6.45, 7) is 1.81. The van der Waals surface area contributed by atoms with Gasteiger partial charge in [0.2, 0.25) is 0 Å². The summed E-state index contributed by atoms with van der Waals surface area (Å²) in [6.07, 6.45) is 3.36. The van der Waals surface area contributed by atoms with Crippen LogP contribution in [0.15, 0.2) is 36.7 Å². The third-order valence-electron chi connectivity index (χ3n) is 2.91. The second-order valence-electron chi connectivity index (χ2n) is 4.56. The zero-order valence-corrected chi connectivity index (χ0v) is 13.2. The van der Waals surface area contributed by atoms with Gasteiger partial charge >= 0.3 is 0 Å². The number of halogens is 1. The number of carbonyl (C=O) groups excluding carboxylic acids is 1. The summed E-state index contributed by atoms with van der Waals surface area (Å²) in [6, 6.07) is 7.09. The summed E-state index contributed by atoms with van der Waals surface area (Å²) in [5.74, 6) is 0.249. The molecule has 7 heteroatoms. The molecule has 0 saturated carbocycles. The van der Waals surface area contributed by atoms with E-state index < -0.39 is 0 Å². The Morgan fingerprint density at radius 2 is 2.23 bits per heavy atom. The Balaban J connectivity index is 1.71. The summed E-state index contributed by atoms with van der Waals surface area (Å²) in [7, 11) is 0. The van der Waals surface area contributed by atoms with Crippen molar-refractivity contribution in [3.63, 3.8) is 0 Å². The molecule has 112 valence electrons. The quantitative estimate of drug-likeness (QED) is 0.791. The van der Waals surface area contributed by atoms with Gasteiger partial charge in [-0.3, -0.25) is 15.1 Å². The summed E-state index contributed by atoms with van der Waals surface area (Å²) in [4.78, 5) is 21.2. The number of carbonyl (C=O) groups is 1. The molecule has 3 rings (SSSR count). The number of aryl methyl sites for hydroxylation is 1. The minimum Gasteiger partial charge on any atom is -0.481 e. The van der Waals surface area contributed by atoms with Gasteiger partial charge in [-0.25, -0.2) is 4.98 Å². The Morgan fingerprint density at radius 1 is 1.36 bits per heavy atom. The first-order chi connectivity index (χ1) is 10.6. The van der Waals surface area contributed by atoms with E-state index >= 15 is 0 Å². The number of pyridine rings is 1. The maximum absolute atomic E-state index is 11.9. The zero-order valence-electron chi connectivity index (χ0n) is 11.7. The number of nitrogens with one attached hydrogen (secondary N) is 1. The molecule has 3 aromatic rings. The van der Waals surface area contributed by atoms with Crippen LogP contribution in [0.25, 0.3) is 10.9 Å². The molecular formula is C15H12ClN3O2S. The standard InChI is InChI=1S/C15H12ClN3O2S/c1-9-7-18-15(22-9)19-13(20)8-21-12-5-4-11(16)10-3-2-6-17-14(10)12/h2-7H,8H2,1H3,(H,18,19,20). The van der Waals surface area contributed by atoms with Crippen molar-refractivity contribution in [2.24, 2.45) is 0 Å². The van der Waals surface area contributed by atoms with Gasteiger partial charge in [0, 0.05) is 22.7 Å². The number of rotatable bonds is 4. The lowest BCUT2D eigenvalue weighted by atomic mass is 10.2. The van der Waals surface area contributed by atoms with Crippen LogP contribution >= 0.6 is 22.9 Å². The van der Waals surface area contributed by atoms with Crippen molar-refractivity contribution in [2.75, 3.05) is 11.9 Å². The summed E-state index contributed by atoms with van der Waals surface area (Å²) in [5, 5.41) is 4.63. The van der Waals surface area contributed by atoms with Gasteiger partial charge in [-0.2, -0.15) is 0 Å². The van der Waals surface area contributed by atoms with Gasteiger partial charge in [-0.1, -0.05) is 11.6 Å². The van der Waals surface area contributed by atoms with Crippen molar-refractivity contribution >= 4 is 44.9 Å². The van der Waals surface area contributed by atoms with Crippen LogP contribution in [0.5, 0.6) is 5.75 Å². The van der Waals surface area contributed by atoms with Gasteiger partial charge in [0.15, 0.2) is 11.7 Å². The average molecular weight is 334 g/mol. The second kappa shape index (κ2) is 6.29. The van der Waals surface area contributed by atoms with E-state index in [9.17, 15) is 4.79 Å². The molecule has 22 heavy (non-hydrogen) atoms. The third kappa shape index (κ3) is 3.18. The highest BCUT2D eigenvalue weighted by atomic mass is 35.5. The van der Waals surface area contributed by atoms with Crippen molar-refractivity contribution in [3.8, 4) is 5.75 Å². The summed E-state index contributed by atoms with van der Waals surface area (Å²) >= 11 is 7.53. The Hall–Kier alpha value is -2.18. The van der Waals surface area contributed by atoms with Crippen molar-refractivity contribution < 1.29 is 9.53 Å². The number of nitrogens with zero attached hydrogens (tertiary/aromatic N) is 2. The highest BCUT2D eigenvalue weighted by Gasteiger charge is 2.10. The van der Waals surface area contributed by atoms with Gasteiger partial charge in [-0.05, 0) is 31.2 Å². The number of benzene rings is 1. The van der Waals surface area contributed by atoms with E-state index in [2.05, 4.69) is 15.3 Å². The first-order valence-corrected chi connectivity index (χ1v) is 7.71. The maximum atomic E-state index is 11.9. The lowest BCUT2D eigenvalue weighted by Crippen LogP contribution is -2.20. The molecule has 2 aromatic heterocycles. The predicted molar refractivity (Wildman–Crippen MR) is 87.7 cm³/mol. The molecule has 0 fully saturated rings. The van der Waals surface area contributed by atoms with Gasteiger partial charge in [-0.15, -0.1) is 11.3 Å². The summed E-state index contributed by atoms with van der Waals surface area (Å²) in [5.41, 5.74) is 0.632. The van der Waals surface area contributed by atoms with Crippen LogP contribution < -0.4 is 10.1 Å². The molecule has 5 nitrogen and oxygen atoms in total. The van der Waals surface area contributed by atoms with Crippen LogP contribution in [-0.4, -0.2) is 22.5 Å². The predicted octanol–water partition coefficient (Wildman–Crippen LogP) is 3.67. The molecule has 1 N–H and O–H groups in total. The highest BCUT2D eigenvalue weighted by Crippen LogP contribution is 2.29. The monoisotopic (exact) mass is 333 g/mol. The smallest absolute Gasteiger partial charge is 0.264 e. The van der Waals surface area contributed by atoms with E-state index in [1.807, 2.05) is 13.0 Å². The molecule has 0 aliphatic rings. The van der Waals surface area contributed by atoms with Crippen LogP contribution in [0.3, 0.4) is 0 Å². The van der Waals surface area contributed by atoms with E-state index in [1.165, 1.54) is 11.3 Å². The molecular weight excluding hydrogens is 322 g/mol. The zero-order chi connectivity index (χ0) is 15.5. The number of ether oxygens (including phenoxy) is 1. The van der Waals surface area contributed by atoms with Crippen molar-refractivity contribution in [1.82, 2.24) is 9.97 Å². The van der Waals surface area contributed by atoms with Crippen molar-refractivity contribution in [1.29, 1.82) is 0 Å². The molecule has 0 bridgehead atoms. The summed E-state index contributed by atoms with van der Waals surface area (Å²) < 4.78 is 5.56. The maximum Gasteiger partial charge on any atom is 0.264 e. The van der Waals surface area contributed by atoms with Gasteiger partial charge < -0.3 is 4.74 Å². The molecule has 1 amide bonds. The lowest BCUT2D eigenvalue weighted by Gasteiger charge is -2.09. The average Bonchev–Trinajstić information content (AvgIpc) is 2.92. The van der Waals surface area contributed by atoms with Gasteiger partial charge in [0.05, 0.1) is 5.02 Å². The highest BCUT2D eigenvalue weighted by molar-refractivity contribution is 7.15. The fraction of sp³-hybridized carbons (Fsp3) is 0.133. The Morgan fingerprint density at radius 3 is 3.00 bits per heavy atom. The van der Waals surface area contributed by atoms with E-state index in [1.54, 1.807) is 30.6 Å². The third-order valence-corrected chi connectivity index (χ3v) is 4.06. The van der Waals surface area contributed by atoms with E-state index in [0.29, 0.717) is 21.4 Å². The second-order valence-corrected chi connectivity index (χ2v) is 6.20. The Bertz CT molecular complexity index is 835. The van der Waals surface area contributed by atoms with Gasteiger partial charge in [0.25, 0.3) is 5.91 Å². The minimum atomic E-state index is -0.270. The van der Waals surface area contributed by atoms with Crippen molar-refractivity contribution in [3.05, 3.63) is 46.6 Å². The molecule has 0 aliphatic carbocycles. The first kappa shape index (κ1) is 14.7. The van der Waals surface area contributed by atoms with Crippen molar-refractivity contribution in [2.45, 2.75) is 6.92 Å². The number of amides is 1. The van der Waals surface area contributed by atoms with Crippen LogP contribution in [0.4, 0.5) is 5.13 Å². The molecule has 1 aromatic carbocycles. The van der Waals surface area contributed by atoms with Crippen LogP contribution in [0.2, 0.25) is 5.02 Å². The van der Waals surface area contributed by atoms with Crippen LogP contribution in [0, 0.1) is 6.92 Å². The number of anilines is 1. The Labute approximate surface area is 135 Å². The molecule has 0 aliphatic heterocycles. The fourth-order valence-corrected chi connectivity index (χ4v) is 2.84. The van der Waals surface area contributed by atoms with E-state index in [-0.39, 0.29) is 12.5 Å². The first-order valence-electron chi connectivity index (χ1n) is 6.52. The Kier molecular flexibility index (Phi) is 4.22.